The smallest absolute Gasteiger partial charge is 0.490 e. The number of likely N-dealkylation sites (tertiary alicyclic amines) is 1. The molecule has 1 aliphatic carbocycles. The van der Waals surface area contributed by atoms with Crippen LogP contribution in [0.15, 0.2) is 60.7 Å². The summed E-state index contributed by atoms with van der Waals surface area (Å²) >= 11 is 12.3. The number of halogens is 6. The standard InChI is InChI=1S/C30H31Cl2FN2O4S.C2HF3O2/c1-40(37,38)34-30(36)26-16-25(20-2-3-20)28(17-27(26)33)39-18-19-12-14-35(15-13-19)29(21-4-8-23(31)9-5-21)22-6-10-24(32)11-7-22;3-2(4,5)1(6)7/h4-11,16-17,19-20,29H,2-3,12-15,18H2,1H3,(H,34,36);(H,6,7). The van der Waals surface area contributed by atoms with Crippen molar-refractivity contribution in [2.75, 3.05) is 26.0 Å². The highest BCUT2D eigenvalue weighted by Gasteiger charge is 2.38. The van der Waals surface area contributed by atoms with Crippen LogP contribution in [0, 0.1) is 11.7 Å². The fraction of sp³-hybridized carbons (Fsp3) is 0.375. The number of carbonyl (C=O) groups is 2. The summed E-state index contributed by atoms with van der Waals surface area (Å²) in [5.74, 6) is -3.63. The molecular weight excluding hydrogens is 687 g/mol. The molecule has 1 amide bonds. The summed E-state index contributed by atoms with van der Waals surface area (Å²) in [5.41, 5.74) is 2.78. The number of aliphatic carboxylic acids is 1. The van der Waals surface area contributed by atoms with E-state index in [1.165, 1.54) is 12.1 Å². The van der Waals surface area contributed by atoms with Crippen molar-refractivity contribution in [3.05, 3.63) is 98.8 Å². The lowest BCUT2D eigenvalue weighted by molar-refractivity contribution is -0.192. The van der Waals surface area contributed by atoms with Crippen molar-refractivity contribution in [3.8, 4) is 5.75 Å². The monoisotopic (exact) mass is 718 g/mol. The number of hydrogen-bond acceptors (Lipinski definition) is 6. The number of carboxylic acid groups (broad SMARTS) is 1. The van der Waals surface area contributed by atoms with Crippen LogP contribution in [0.1, 0.15) is 64.7 Å². The Morgan fingerprint density at radius 1 is 0.957 bits per heavy atom. The molecule has 5 rings (SSSR count). The van der Waals surface area contributed by atoms with E-state index in [9.17, 15) is 30.8 Å². The van der Waals surface area contributed by atoms with E-state index in [0.717, 1.165) is 61.7 Å². The van der Waals surface area contributed by atoms with Crippen LogP contribution in [0.3, 0.4) is 0 Å². The number of nitrogens with zero attached hydrogens (tertiary/aromatic N) is 1. The van der Waals surface area contributed by atoms with Gasteiger partial charge in [0.15, 0.2) is 0 Å². The molecule has 0 radical (unpaired) electrons. The first kappa shape index (κ1) is 36.4. The van der Waals surface area contributed by atoms with Crippen LogP contribution in [-0.4, -0.2) is 62.4 Å². The Hall–Kier alpha value is -3.39. The zero-order chi connectivity index (χ0) is 34.5. The van der Waals surface area contributed by atoms with Gasteiger partial charge < -0.3 is 9.84 Å². The third-order valence-corrected chi connectivity index (χ3v) is 8.80. The number of carboxylic acids is 1. The summed E-state index contributed by atoms with van der Waals surface area (Å²) in [6, 6.07) is 18.6. The van der Waals surface area contributed by atoms with Crippen molar-refractivity contribution in [2.45, 2.75) is 43.8 Å². The molecule has 1 saturated carbocycles. The molecule has 3 aromatic carbocycles. The molecular formula is C32H32Cl2F4N2O6S. The van der Waals surface area contributed by atoms with Gasteiger partial charge in [0.25, 0.3) is 5.91 Å². The van der Waals surface area contributed by atoms with Gasteiger partial charge in [0, 0.05) is 16.1 Å². The lowest BCUT2D eigenvalue weighted by Gasteiger charge is -2.38. The van der Waals surface area contributed by atoms with E-state index in [1.807, 2.05) is 29.0 Å². The van der Waals surface area contributed by atoms with Crippen molar-refractivity contribution in [1.29, 1.82) is 0 Å². The van der Waals surface area contributed by atoms with Crippen molar-refractivity contribution in [1.82, 2.24) is 9.62 Å². The second-order valence-electron chi connectivity index (χ2n) is 11.4. The molecule has 0 aromatic heterocycles. The Labute approximate surface area is 279 Å². The minimum Gasteiger partial charge on any atom is -0.493 e. The zero-order valence-electron chi connectivity index (χ0n) is 25.1. The Balaban J connectivity index is 0.000000644. The normalized spacial score (nSPS) is 15.9. The van der Waals surface area contributed by atoms with Crippen molar-refractivity contribution in [3.63, 3.8) is 0 Å². The van der Waals surface area contributed by atoms with E-state index in [2.05, 4.69) is 29.2 Å². The van der Waals surface area contributed by atoms with Gasteiger partial charge in [0.1, 0.15) is 11.6 Å². The van der Waals surface area contributed by atoms with Crippen molar-refractivity contribution in [2.24, 2.45) is 5.92 Å². The maximum atomic E-state index is 14.9. The molecule has 15 heteroatoms. The maximum absolute atomic E-state index is 14.9. The van der Waals surface area contributed by atoms with Crippen molar-refractivity contribution < 1.29 is 45.4 Å². The summed E-state index contributed by atoms with van der Waals surface area (Å²) < 4.78 is 77.5. The van der Waals surface area contributed by atoms with Crippen LogP contribution < -0.4 is 9.46 Å². The van der Waals surface area contributed by atoms with Gasteiger partial charge >= 0.3 is 12.1 Å². The lowest BCUT2D eigenvalue weighted by Crippen LogP contribution is -2.38. The topological polar surface area (TPSA) is 113 Å². The number of amides is 1. The second kappa shape index (κ2) is 15.2. The van der Waals surface area contributed by atoms with Crippen LogP contribution in [-0.2, 0) is 14.8 Å². The maximum Gasteiger partial charge on any atom is 0.490 e. The van der Waals surface area contributed by atoms with Crippen LogP contribution >= 0.6 is 23.2 Å². The quantitative estimate of drug-likeness (QED) is 0.225. The summed E-state index contributed by atoms with van der Waals surface area (Å²) in [6.07, 6.45) is -0.559. The third kappa shape index (κ3) is 10.6. The van der Waals surface area contributed by atoms with Crippen LogP contribution in [0.2, 0.25) is 10.0 Å². The SMILES string of the molecule is CS(=O)(=O)NC(=O)c1cc(C2CC2)c(OCC2CCN(C(c3ccc(Cl)cc3)c3ccc(Cl)cc3)CC2)cc1F.O=C(O)C(F)(F)F. The Kier molecular flexibility index (Phi) is 11.8. The number of piperidine rings is 1. The molecule has 0 atom stereocenters. The predicted octanol–water partition coefficient (Wildman–Crippen LogP) is 7.21. The molecule has 8 nitrogen and oxygen atoms in total. The highest BCUT2D eigenvalue weighted by molar-refractivity contribution is 7.89. The van der Waals surface area contributed by atoms with Gasteiger partial charge in [-0.15, -0.1) is 0 Å². The van der Waals surface area contributed by atoms with E-state index >= 15 is 0 Å². The van der Waals surface area contributed by atoms with E-state index in [4.69, 9.17) is 37.8 Å². The highest BCUT2D eigenvalue weighted by Crippen LogP contribution is 2.45. The Morgan fingerprint density at radius 2 is 1.45 bits per heavy atom. The largest absolute Gasteiger partial charge is 0.493 e. The predicted molar refractivity (Wildman–Crippen MR) is 169 cm³/mol. The number of nitrogens with one attached hydrogen (secondary N) is 1. The molecule has 0 bridgehead atoms. The summed E-state index contributed by atoms with van der Waals surface area (Å²) in [7, 11) is -3.80. The zero-order valence-corrected chi connectivity index (χ0v) is 27.4. The van der Waals surface area contributed by atoms with Crippen LogP contribution in [0.25, 0.3) is 0 Å². The molecule has 3 aromatic rings. The first-order valence-corrected chi connectivity index (χ1v) is 17.2. The van der Waals surface area contributed by atoms with Gasteiger partial charge in [0.05, 0.1) is 24.5 Å². The Morgan fingerprint density at radius 3 is 1.87 bits per heavy atom. The van der Waals surface area contributed by atoms with Gasteiger partial charge in [-0.3, -0.25) is 9.69 Å². The number of carbonyl (C=O) groups excluding carboxylic acids is 1. The number of rotatable bonds is 9. The summed E-state index contributed by atoms with van der Waals surface area (Å²) in [6.45, 7) is 2.16. The average molecular weight is 720 g/mol. The number of benzene rings is 3. The highest BCUT2D eigenvalue weighted by atomic mass is 35.5. The lowest BCUT2D eigenvalue weighted by atomic mass is 9.91. The first-order valence-electron chi connectivity index (χ1n) is 14.5. The molecule has 254 valence electrons. The molecule has 2 N–H and O–H groups in total. The van der Waals surface area contributed by atoms with Crippen molar-refractivity contribution >= 4 is 45.1 Å². The van der Waals surface area contributed by atoms with E-state index < -0.39 is 33.9 Å². The van der Waals surface area contributed by atoms with E-state index in [0.29, 0.717) is 22.4 Å². The van der Waals surface area contributed by atoms with Crippen LogP contribution in [0.4, 0.5) is 17.6 Å². The summed E-state index contributed by atoms with van der Waals surface area (Å²) in [4.78, 5) is 23.7. The molecule has 47 heavy (non-hydrogen) atoms. The molecule has 2 fully saturated rings. The number of ether oxygens (including phenoxy) is 1. The van der Waals surface area contributed by atoms with Gasteiger partial charge in [-0.2, -0.15) is 13.2 Å². The fourth-order valence-corrected chi connectivity index (χ4v) is 6.00. The van der Waals surface area contributed by atoms with Crippen LogP contribution in [0.5, 0.6) is 5.75 Å². The Bertz CT molecular complexity index is 1630. The van der Waals surface area contributed by atoms with Gasteiger partial charge in [0.2, 0.25) is 10.0 Å². The molecule has 1 heterocycles. The molecule has 0 spiro atoms. The molecule has 0 unspecified atom stereocenters. The fourth-order valence-electron chi connectivity index (χ4n) is 5.30. The van der Waals surface area contributed by atoms with Gasteiger partial charge in [-0.1, -0.05) is 47.5 Å². The van der Waals surface area contributed by atoms with E-state index in [-0.39, 0.29) is 23.4 Å². The molecule has 2 aliphatic rings. The average Bonchev–Trinajstić information content (AvgIpc) is 3.83. The minimum absolute atomic E-state index is 0.0672. The van der Waals surface area contributed by atoms with Gasteiger partial charge in [-0.05, 0) is 97.6 Å². The number of alkyl halides is 3. The molecule has 1 aliphatic heterocycles. The number of sulfonamides is 1. The second-order valence-corrected chi connectivity index (χ2v) is 14.1. The first-order chi connectivity index (χ1) is 22.0. The summed E-state index contributed by atoms with van der Waals surface area (Å²) in [5, 5.41) is 8.51. The minimum atomic E-state index is -5.08. The third-order valence-electron chi connectivity index (χ3n) is 7.74. The molecule has 1 saturated heterocycles. The van der Waals surface area contributed by atoms with Gasteiger partial charge in [-0.25, -0.2) is 22.3 Å². The van der Waals surface area contributed by atoms with E-state index in [1.54, 1.807) is 0 Å². The number of hydrogen-bond donors (Lipinski definition) is 2.